The van der Waals surface area contributed by atoms with Crippen molar-refractivity contribution in [3.8, 4) is 0 Å². The lowest BCUT2D eigenvalue weighted by Crippen LogP contribution is -2.52. The van der Waals surface area contributed by atoms with E-state index in [-0.39, 0.29) is 0 Å². The third-order valence-corrected chi connectivity index (χ3v) is 5.10. The Kier molecular flexibility index (Phi) is 6.93. The first-order chi connectivity index (χ1) is 10.2. The molecule has 0 aromatic heterocycles. The fourth-order valence-corrected chi connectivity index (χ4v) is 3.73. The highest BCUT2D eigenvalue weighted by atomic mass is 16.5. The highest BCUT2D eigenvalue weighted by Gasteiger charge is 2.36. The second-order valence-corrected chi connectivity index (χ2v) is 7.44. The van der Waals surface area contributed by atoms with Crippen molar-refractivity contribution >= 4 is 0 Å². The molecule has 0 radical (unpaired) electrons. The normalized spacial score (nSPS) is 27.1. The molecule has 0 saturated carbocycles. The summed E-state index contributed by atoms with van der Waals surface area (Å²) in [5.74, 6) is 0.696. The Bertz CT molecular complexity index is 291. The van der Waals surface area contributed by atoms with Gasteiger partial charge in [0.15, 0.2) is 0 Å². The average Bonchev–Trinajstić information content (AvgIpc) is 2.48. The standard InChI is InChI=1S/C17H34N2O2/c1-15(2)11-18-13-17(6-9-21-10-7-17)14-19-8-4-3-5-16(19)12-20/h15-16,18,20H,3-14H2,1-2H3. The van der Waals surface area contributed by atoms with Crippen LogP contribution in [-0.4, -0.2) is 62.0 Å². The molecule has 0 aromatic carbocycles. The smallest absolute Gasteiger partial charge is 0.0586 e. The van der Waals surface area contributed by atoms with Crippen molar-refractivity contribution in [2.24, 2.45) is 11.3 Å². The van der Waals surface area contributed by atoms with Crippen LogP contribution in [0.15, 0.2) is 0 Å². The number of likely N-dealkylation sites (tertiary alicyclic amines) is 1. The minimum Gasteiger partial charge on any atom is -0.395 e. The Morgan fingerprint density at radius 1 is 1.29 bits per heavy atom. The summed E-state index contributed by atoms with van der Waals surface area (Å²) in [5, 5.41) is 13.3. The van der Waals surface area contributed by atoms with Crippen LogP contribution in [0.25, 0.3) is 0 Å². The van der Waals surface area contributed by atoms with Gasteiger partial charge < -0.3 is 15.2 Å². The molecule has 2 heterocycles. The fourth-order valence-electron chi connectivity index (χ4n) is 3.73. The first-order valence-electron chi connectivity index (χ1n) is 8.78. The molecule has 4 nitrogen and oxygen atoms in total. The molecule has 0 aromatic rings. The zero-order valence-electron chi connectivity index (χ0n) is 13.9. The highest BCUT2D eigenvalue weighted by molar-refractivity contribution is 4.90. The van der Waals surface area contributed by atoms with E-state index in [0.29, 0.717) is 24.0 Å². The number of ether oxygens (including phenoxy) is 1. The SMILES string of the molecule is CC(C)CNCC1(CN2CCCCC2CO)CCOCC1. The monoisotopic (exact) mass is 298 g/mol. The first-order valence-corrected chi connectivity index (χ1v) is 8.78. The van der Waals surface area contributed by atoms with Gasteiger partial charge in [0.25, 0.3) is 0 Å². The van der Waals surface area contributed by atoms with Gasteiger partial charge in [0.2, 0.25) is 0 Å². The summed E-state index contributed by atoms with van der Waals surface area (Å²) in [5.41, 5.74) is 0.331. The van der Waals surface area contributed by atoms with Crippen LogP contribution in [0.1, 0.15) is 46.0 Å². The van der Waals surface area contributed by atoms with Crippen LogP contribution < -0.4 is 5.32 Å². The van der Waals surface area contributed by atoms with Crippen LogP contribution in [0.3, 0.4) is 0 Å². The van der Waals surface area contributed by atoms with E-state index >= 15 is 0 Å². The number of hydrogen-bond acceptors (Lipinski definition) is 4. The Balaban J connectivity index is 1.94. The minimum absolute atomic E-state index is 0.312. The Morgan fingerprint density at radius 3 is 2.71 bits per heavy atom. The van der Waals surface area contributed by atoms with Crippen LogP contribution in [-0.2, 0) is 4.74 Å². The number of nitrogens with one attached hydrogen (secondary N) is 1. The highest BCUT2D eigenvalue weighted by Crippen LogP contribution is 2.33. The number of rotatable bonds is 7. The number of aliphatic hydroxyl groups excluding tert-OH is 1. The molecule has 2 N–H and O–H groups in total. The maximum Gasteiger partial charge on any atom is 0.0586 e. The fraction of sp³-hybridized carbons (Fsp3) is 1.00. The van der Waals surface area contributed by atoms with Gasteiger partial charge >= 0.3 is 0 Å². The molecule has 4 heteroatoms. The lowest BCUT2D eigenvalue weighted by molar-refractivity contribution is -0.0240. The average molecular weight is 298 g/mol. The lowest BCUT2D eigenvalue weighted by Gasteiger charge is -2.45. The van der Waals surface area contributed by atoms with Crippen molar-refractivity contribution in [3.63, 3.8) is 0 Å². The number of piperidine rings is 1. The third-order valence-electron chi connectivity index (χ3n) is 5.10. The third kappa shape index (κ3) is 5.20. The van der Waals surface area contributed by atoms with Gasteiger partial charge in [0.1, 0.15) is 0 Å². The molecule has 2 aliphatic rings. The zero-order chi connectivity index (χ0) is 15.1. The Hall–Kier alpha value is -0.160. The van der Waals surface area contributed by atoms with Gasteiger partial charge in [0.05, 0.1) is 6.61 Å². The first kappa shape index (κ1) is 17.2. The van der Waals surface area contributed by atoms with Gasteiger partial charge in [-0.25, -0.2) is 0 Å². The number of hydrogen-bond donors (Lipinski definition) is 2. The van der Waals surface area contributed by atoms with Crippen molar-refractivity contribution in [3.05, 3.63) is 0 Å². The van der Waals surface area contributed by atoms with E-state index in [1.807, 2.05) is 0 Å². The molecule has 21 heavy (non-hydrogen) atoms. The predicted octanol–water partition coefficient (Wildman–Crippen LogP) is 1.88. The Morgan fingerprint density at radius 2 is 2.05 bits per heavy atom. The summed E-state index contributed by atoms with van der Waals surface area (Å²) < 4.78 is 5.60. The molecule has 0 aliphatic carbocycles. The molecule has 0 spiro atoms. The van der Waals surface area contributed by atoms with E-state index in [9.17, 15) is 5.11 Å². The van der Waals surface area contributed by atoms with E-state index in [1.54, 1.807) is 0 Å². The van der Waals surface area contributed by atoms with Gasteiger partial charge in [0, 0.05) is 32.3 Å². The molecular formula is C17H34N2O2. The predicted molar refractivity (Wildman–Crippen MR) is 86.5 cm³/mol. The van der Waals surface area contributed by atoms with Crippen LogP contribution in [0.5, 0.6) is 0 Å². The molecule has 0 bridgehead atoms. The van der Waals surface area contributed by atoms with E-state index in [1.165, 1.54) is 12.8 Å². The van der Waals surface area contributed by atoms with Crippen LogP contribution >= 0.6 is 0 Å². The lowest BCUT2D eigenvalue weighted by atomic mass is 9.78. The second kappa shape index (κ2) is 8.47. The molecule has 2 fully saturated rings. The van der Waals surface area contributed by atoms with Crippen LogP contribution in [0.2, 0.25) is 0 Å². The molecule has 1 unspecified atom stereocenters. The molecule has 0 amide bonds. The maximum absolute atomic E-state index is 9.64. The van der Waals surface area contributed by atoms with Crippen LogP contribution in [0.4, 0.5) is 0 Å². The second-order valence-electron chi connectivity index (χ2n) is 7.44. The van der Waals surface area contributed by atoms with Crippen molar-refractivity contribution in [2.75, 3.05) is 46.0 Å². The zero-order valence-corrected chi connectivity index (χ0v) is 13.9. The molecular weight excluding hydrogens is 264 g/mol. The summed E-state index contributed by atoms with van der Waals surface area (Å²) in [6, 6.07) is 0.378. The number of aliphatic hydroxyl groups is 1. The summed E-state index contributed by atoms with van der Waals surface area (Å²) in [6.07, 6.45) is 5.99. The Labute approximate surface area is 130 Å². The summed E-state index contributed by atoms with van der Waals surface area (Å²) in [7, 11) is 0. The summed E-state index contributed by atoms with van der Waals surface area (Å²) in [6.45, 7) is 11.1. The van der Waals surface area contributed by atoms with Gasteiger partial charge in [-0.05, 0) is 50.1 Å². The van der Waals surface area contributed by atoms with E-state index in [2.05, 4.69) is 24.1 Å². The van der Waals surface area contributed by atoms with E-state index in [0.717, 1.165) is 58.7 Å². The summed E-state index contributed by atoms with van der Waals surface area (Å²) >= 11 is 0. The topological polar surface area (TPSA) is 44.7 Å². The van der Waals surface area contributed by atoms with Crippen molar-refractivity contribution in [1.82, 2.24) is 10.2 Å². The number of nitrogens with zero attached hydrogens (tertiary/aromatic N) is 1. The largest absolute Gasteiger partial charge is 0.395 e. The van der Waals surface area contributed by atoms with Gasteiger partial charge in [-0.2, -0.15) is 0 Å². The molecule has 124 valence electrons. The van der Waals surface area contributed by atoms with E-state index < -0.39 is 0 Å². The van der Waals surface area contributed by atoms with Crippen molar-refractivity contribution in [1.29, 1.82) is 0 Å². The molecule has 2 aliphatic heterocycles. The summed E-state index contributed by atoms with van der Waals surface area (Å²) in [4.78, 5) is 2.55. The quantitative estimate of drug-likeness (QED) is 0.753. The van der Waals surface area contributed by atoms with Gasteiger partial charge in [-0.15, -0.1) is 0 Å². The van der Waals surface area contributed by atoms with Crippen molar-refractivity contribution < 1.29 is 9.84 Å². The maximum atomic E-state index is 9.64. The van der Waals surface area contributed by atoms with Crippen molar-refractivity contribution in [2.45, 2.75) is 52.0 Å². The van der Waals surface area contributed by atoms with Gasteiger partial charge in [-0.3, -0.25) is 4.90 Å². The van der Waals surface area contributed by atoms with Gasteiger partial charge in [-0.1, -0.05) is 20.3 Å². The van der Waals surface area contributed by atoms with Crippen LogP contribution in [0, 0.1) is 11.3 Å². The molecule has 1 atom stereocenters. The molecule has 2 rings (SSSR count). The van der Waals surface area contributed by atoms with E-state index in [4.69, 9.17) is 4.74 Å². The minimum atomic E-state index is 0.312. The molecule has 2 saturated heterocycles.